The Morgan fingerprint density at radius 1 is 1.05 bits per heavy atom. The normalized spacial score (nSPS) is 12.2. The molecule has 1 N–H and O–H groups in total. The van der Waals surface area contributed by atoms with Gasteiger partial charge in [0.2, 0.25) is 0 Å². The topological polar surface area (TPSA) is 29.5 Å². The molecular formula is C16H16Cl2O2. The molecule has 0 aliphatic rings. The van der Waals surface area contributed by atoms with Crippen molar-refractivity contribution in [3.63, 3.8) is 0 Å². The maximum Gasteiger partial charge on any atom is 0.119 e. The van der Waals surface area contributed by atoms with E-state index >= 15 is 0 Å². The minimum absolute atomic E-state index is 0.417. The van der Waals surface area contributed by atoms with Gasteiger partial charge in [-0.2, -0.15) is 0 Å². The first-order valence-corrected chi connectivity index (χ1v) is 7.20. The molecule has 2 nitrogen and oxygen atoms in total. The Kier molecular flexibility index (Phi) is 5.30. The van der Waals surface area contributed by atoms with Gasteiger partial charge in [0.1, 0.15) is 12.4 Å². The molecule has 0 unspecified atom stereocenters. The molecule has 0 saturated heterocycles. The molecule has 0 aliphatic carbocycles. The highest BCUT2D eigenvalue weighted by Crippen LogP contribution is 2.24. The van der Waals surface area contributed by atoms with E-state index in [0.29, 0.717) is 23.1 Å². The van der Waals surface area contributed by atoms with E-state index < -0.39 is 6.10 Å². The van der Waals surface area contributed by atoms with Crippen molar-refractivity contribution < 1.29 is 9.84 Å². The molecule has 0 saturated carbocycles. The predicted octanol–water partition coefficient (Wildman–Crippen LogP) is 5.02. The van der Waals surface area contributed by atoms with Crippen molar-refractivity contribution in [2.75, 3.05) is 0 Å². The Balaban J connectivity index is 1.98. The smallest absolute Gasteiger partial charge is 0.119 e. The molecule has 2 aromatic carbocycles. The summed E-state index contributed by atoms with van der Waals surface area (Å²) in [4.78, 5) is 0. The van der Waals surface area contributed by atoms with Crippen LogP contribution in [0.2, 0.25) is 10.0 Å². The van der Waals surface area contributed by atoms with Crippen molar-refractivity contribution >= 4 is 23.2 Å². The fourth-order valence-electron chi connectivity index (χ4n) is 1.82. The van der Waals surface area contributed by atoms with Crippen molar-refractivity contribution in [3.8, 4) is 5.75 Å². The first kappa shape index (κ1) is 15.2. The van der Waals surface area contributed by atoms with E-state index in [2.05, 4.69) is 0 Å². The molecule has 0 fully saturated rings. The van der Waals surface area contributed by atoms with E-state index in [1.807, 2.05) is 37.3 Å². The van der Waals surface area contributed by atoms with E-state index in [-0.39, 0.29) is 0 Å². The number of ether oxygens (including phenoxy) is 1. The van der Waals surface area contributed by atoms with Crippen molar-refractivity contribution in [1.29, 1.82) is 0 Å². The van der Waals surface area contributed by atoms with Crippen LogP contribution in [0.3, 0.4) is 0 Å². The second-order valence-corrected chi connectivity index (χ2v) is 5.34. The molecule has 0 aromatic heterocycles. The first-order valence-electron chi connectivity index (χ1n) is 6.45. The number of aliphatic hydroxyl groups is 1. The van der Waals surface area contributed by atoms with Crippen molar-refractivity contribution in [2.45, 2.75) is 26.1 Å². The Hall–Kier alpha value is -1.22. The molecule has 1 atom stereocenters. The molecule has 20 heavy (non-hydrogen) atoms. The van der Waals surface area contributed by atoms with Crippen LogP contribution in [0.1, 0.15) is 30.6 Å². The average Bonchev–Trinajstić information content (AvgIpc) is 2.48. The number of hydrogen-bond acceptors (Lipinski definition) is 2. The van der Waals surface area contributed by atoms with Gasteiger partial charge in [0.05, 0.1) is 16.1 Å². The summed E-state index contributed by atoms with van der Waals surface area (Å²) in [6, 6.07) is 12.9. The van der Waals surface area contributed by atoms with Crippen LogP contribution in [-0.4, -0.2) is 5.11 Å². The van der Waals surface area contributed by atoms with Gasteiger partial charge in [-0.3, -0.25) is 0 Å². The first-order chi connectivity index (χ1) is 9.60. The summed E-state index contributed by atoms with van der Waals surface area (Å²) in [7, 11) is 0. The van der Waals surface area contributed by atoms with Crippen LogP contribution in [0.4, 0.5) is 0 Å². The third kappa shape index (κ3) is 3.89. The van der Waals surface area contributed by atoms with E-state index in [9.17, 15) is 5.11 Å². The molecule has 106 valence electrons. The van der Waals surface area contributed by atoms with Crippen LogP contribution < -0.4 is 4.74 Å². The molecular weight excluding hydrogens is 295 g/mol. The van der Waals surface area contributed by atoms with Gasteiger partial charge >= 0.3 is 0 Å². The molecule has 0 bridgehead atoms. The molecule has 0 spiro atoms. The van der Waals surface area contributed by atoms with Crippen LogP contribution >= 0.6 is 23.2 Å². The Morgan fingerprint density at radius 2 is 1.75 bits per heavy atom. The number of benzene rings is 2. The average molecular weight is 311 g/mol. The lowest BCUT2D eigenvalue weighted by Gasteiger charge is -2.10. The zero-order valence-corrected chi connectivity index (χ0v) is 12.7. The van der Waals surface area contributed by atoms with Gasteiger partial charge in [0.25, 0.3) is 0 Å². The molecule has 4 heteroatoms. The summed E-state index contributed by atoms with van der Waals surface area (Å²) in [5.41, 5.74) is 1.85. The second kappa shape index (κ2) is 6.98. The third-order valence-corrected chi connectivity index (χ3v) is 3.78. The lowest BCUT2D eigenvalue weighted by Crippen LogP contribution is -1.97. The molecule has 0 heterocycles. The molecule has 0 aliphatic heterocycles. The standard InChI is InChI=1S/C16H16Cl2O2/c1-2-16(19)12-4-6-13(7-5-12)20-10-11-3-8-14(17)15(18)9-11/h3-9,16,19H,2,10H2,1H3/t16-/m1/s1. The Morgan fingerprint density at radius 3 is 2.35 bits per heavy atom. The number of rotatable bonds is 5. The monoisotopic (exact) mass is 310 g/mol. The lowest BCUT2D eigenvalue weighted by molar-refractivity contribution is 0.173. The predicted molar refractivity (Wildman–Crippen MR) is 82.5 cm³/mol. The number of halogens is 2. The molecule has 0 amide bonds. The van der Waals surface area contributed by atoms with Crippen LogP contribution in [0, 0.1) is 0 Å². The van der Waals surface area contributed by atoms with Gasteiger partial charge in [-0.25, -0.2) is 0 Å². The summed E-state index contributed by atoms with van der Waals surface area (Å²) in [6.07, 6.45) is 0.280. The Bertz CT molecular complexity index is 567. The van der Waals surface area contributed by atoms with Crippen molar-refractivity contribution in [3.05, 3.63) is 63.6 Å². The third-order valence-electron chi connectivity index (χ3n) is 3.04. The van der Waals surface area contributed by atoms with E-state index in [0.717, 1.165) is 16.9 Å². The summed E-state index contributed by atoms with van der Waals surface area (Å²) in [6.45, 7) is 2.37. The van der Waals surface area contributed by atoms with Crippen molar-refractivity contribution in [2.24, 2.45) is 0 Å². The van der Waals surface area contributed by atoms with E-state index in [1.165, 1.54) is 0 Å². The molecule has 0 radical (unpaired) electrons. The van der Waals surface area contributed by atoms with E-state index in [1.54, 1.807) is 12.1 Å². The highest BCUT2D eigenvalue weighted by Gasteiger charge is 2.05. The van der Waals surface area contributed by atoms with Crippen LogP contribution in [0.15, 0.2) is 42.5 Å². The largest absolute Gasteiger partial charge is 0.489 e. The summed E-state index contributed by atoms with van der Waals surface area (Å²) in [5, 5.41) is 10.8. The van der Waals surface area contributed by atoms with Crippen molar-refractivity contribution in [1.82, 2.24) is 0 Å². The maximum atomic E-state index is 9.72. The highest BCUT2D eigenvalue weighted by molar-refractivity contribution is 6.42. The van der Waals surface area contributed by atoms with Gasteiger partial charge in [-0.1, -0.05) is 48.3 Å². The minimum Gasteiger partial charge on any atom is -0.489 e. The Labute approximate surface area is 128 Å². The quantitative estimate of drug-likeness (QED) is 0.840. The van der Waals surface area contributed by atoms with Gasteiger partial charge < -0.3 is 9.84 Å². The molecule has 2 aromatic rings. The SMILES string of the molecule is CC[C@@H](O)c1ccc(OCc2ccc(Cl)c(Cl)c2)cc1. The summed E-state index contributed by atoms with van der Waals surface area (Å²) in [5.74, 6) is 0.753. The van der Waals surface area contributed by atoms with Gasteiger partial charge in [0, 0.05) is 0 Å². The van der Waals surface area contributed by atoms with Gasteiger partial charge in [0.15, 0.2) is 0 Å². The van der Waals surface area contributed by atoms with Crippen LogP contribution in [0.25, 0.3) is 0 Å². The zero-order chi connectivity index (χ0) is 14.5. The van der Waals surface area contributed by atoms with Gasteiger partial charge in [-0.15, -0.1) is 0 Å². The fourth-order valence-corrected chi connectivity index (χ4v) is 2.14. The number of aliphatic hydroxyl groups excluding tert-OH is 1. The van der Waals surface area contributed by atoms with Gasteiger partial charge in [-0.05, 0) is 41.8 Å². The zero-order valence-electron chi connectivity index (χ0n) is 11.1. The maximum absolute atomic E-state index is 9.72. The van der Waals surface area contributed by atoms with Crippen LogP contribution in [-0.2, 0) is 6.61 Å². The number of hydrogen-bond donors (Lipinski definition) is 1. The second-order valence-electron chi connectivity index (χ2n) is 4.53. The molecule has 2 rings (SSSR count). The minimum atomic E-state index is -0.417. The van der Waals surface area contributed by atoms with E-state index in [4.69, 9.17) is 27.9 Å². The summed E-state index contributed by atoms with van der Waals surface area (Å²) < 4.78 is 5.67. The summed E-state index contributed by atoms with van der Waals surface area (Å²) >= 11 is 11.8. The highest BCUT2D eigenvalue weighted by atomic mass is 35.5. The fraction of sp³-hybridized carbons (Fsp3) is 0.250. The van der Waals surface area contributed by atoms with Crippen LogP contribution in [0.5, 0.6) is 5.75 Å². The lowest BCUT2D eigenvalue weighted by atomic mass is 10.1.